The van der Waals surface area contributed by atoms with Crippen LogP contribution in [0.5, 0.6) is 11.5 Å². The topological polar surface area (TPSA) is 150 Å². The number of nitrogens with two attached hydrogens (primary N) is 1. The Labute approximate surface area is 217 Å². The molecule has 0 saturated carbocycles. The second-order valence-electron chi connectivity index (χ2n) is 9.79. The Balaban J connectivity index is 3.17. The first-order valence-electron chi connectivity index (χ1n) is 12.1. The van der Waals surface area contributed by atoms with Crippen LogP contribution in [0.15, 0.2) is 18.2 Å². The summed E-state index contributed by atoms with van der Waals surface area (Å²) in [4.78, 5) is 48.6. The highest BCUT2D eigenvalue weighted by atomic mass is 16.7. The van der Waals surface area contributed by atoms with Crippen molar-refractivity contribution in [2.75, 3.05) is 26.9 Å². The Morgan fingerprint density at radius 3 is 1.86 bits per heavy atom. The zero-order chi connectivity index (χ0) is 28.2. The van der Waals surface area contributed by atoms with Crippen molar-refractivity contribution in [3.63, 3.8) is 0 Å². The van der Waals surface area contributed by atoms with Crippen LogP contribution in [0.2, 0.25) is 0 Å². The maximum atomic E-state index is 12.5. The number of esters is 2. The van der Waals surface area contributed by atoms with Crippen molar-refractivity contribution in [2.24, 2.45) is 23.5 Å². The van der Waals surface area contributed by atoms with Gasteiger partial charge in [-0.3, -0.25) is 9.59 Å². The molecule has 1 rings (SSSR count). The summed E-state index contributed by atoms with van der Waals surface area (Å²) in [5.41, 5.74) is 5.26. The minimum atomic E-state index is -1.56. The van der Waals surface area contributed by atoms with Crippen LogP contribution in [0.3, 0.4) is 0 Å². The van der Waals surface area contributed by atoms with Crippen LogP contribution in [-0.4, -0.2) is 56.7 Å². The molecular formula is C26H39NO10. The molecule has 11 heteroatoms. The summed E-state index contributed by atoms with van der Waals surface area (Å²) in [6, 6.07) is 4.32. The average molecular weight is 526 g/mol. The summed E-state index contributed by atoms with van der Waals surface area (Å²) in [5.74, 6) is -1.54. The fourth-order valence-electron chi connectivity index (χ4n) is 2.86. The van der Waals surface area contributed by atoms with Gasteiger partial charge in [0.15, 0.2) is 11.5 Å². The second kappa shape index (κ2) is 15.0. The quantitative estimate of drug-likeness (QED) is 0.226. The lowest BCUT2D eigenvalue weighted by atomic mass is 9.88. The summed E-state index contributed by atoms with van der Waals surface area (Å²) in [5, 5.41) is 0. The van der Waals surface area contributed by atoms with Gasteiger partial charge in [-0.05, 0) is 29.5 Å². The maximum Gasteiger partial charge on any atom is 0.513 e. The van der Waals surface area contributed by atoms with E-state index in [2.05, 4.69) is 0 Å². The highest BCUT2D eigenvalue weighted by molar-refractivity contribution is 5.81. The first-order chi connectivity index (χ1) is 17.3. The van der Waals surface area contributed by atoms with Gasteiger partial charge in [0.2, 0.25) is 0 Å². The van der Waals surface area contributed by atoms with Crippen LogP contribution in [0.4, 0.5) is 9.59 Å². The largest absolute Gasteiger partial charge is 0.513 e. The predicted octanol–water partition coefficient (Wildman–Crippen LogP) is 4.03. The van der Waals surface area contributed by atoms with Gasteiger partial charge in [0, 0.05) is 12.8 Å². The van der Waals surface area contributed by atoms with Crippen molar-refractivity contribution in [1.29, 1.82) is 0 Å². The number of hydrogen-bond acceptors (Lipinski definition) is 11. The fraction of sp³-hybridized carbons (Fsp3) is 0.615. The molecule has 0 aliphatic heterocycles. The Morgan fingerprint density at radius 2 is 1.38 bits per heavy atom. The normalized spacial score (nSPS) is 12.6. The third-order valence-electron chi connectivity index (χ3n) is 4.84. The molecule has 208 valence electrons. The van der Waals surface area contributed by atoms with Crippen molar-refractivity contribution >= 4 is 24.2 Å². The van der Waals surface area contributed by atoms with Crippen LogP contribution < -0.4 is 15.2 Å². The minimum absolute atomic E-state index is 0.0233. The summed E-state index contributed by atoms with van der Waals surface area (Å²) in [7, 11) is 1.20. The van der Waals surface area contributed by atoms with Crippen LogP contribution in [0, 0.1) is 17.8 Å². The van der Waals surface area contributed by atoms with Crippen molar-refractivity contribution in [2.45, 2.75) is 59.9 Å². The molecule has 37 heavy (non-hydrogen) atoms. The number of rotatable bonds is 13. The van der Waals surface area contributed by atoms with Gasteiger partial charge in [-0.25, -0.2) is 9.59 Å². The van der Waals surface area contributed by atoms with Crippen molar-refractivity contribution in [3.8, 4) is 11.5 Å². The van der Waals surface area contributed by atoms with E-state index in [0.29, 0.717) is 5.56 Å². The summed E-state index contributed by atoms with van der Waals surface area (Å²) >= 11 is 0. The molecule has 0 amide bonds. The molecule has 0 fully saturated rings. The van der Waals surface area contributed by atoms with Gasteiger partial charge in [-0.15, -0.1) is 0 Å². The van der Waals surface area contributed by atoms with Gasteiger partial charge >= 0.3 is 24.2 Å². The molecule has 0 heterocycles. The first kappa shape index (κ1) is 31.7. The third kappa shape index (κ3) is 11.5. The highest BCUT2D eigenvalue weighted by Gasteiger charge is 2.36. The second-order valence-corrected chi connectivity index (χ2v) is 9.79. The smallest absolute Gasteiger partial charge is 0.468 e. The number of carbonyl (C=O) groups excluding carboxylic acids is 4. The lowest BCUT2D eigenvalue weighted by molar-refractivity contribution is -0.152. The molecule has 0 bridgehead atoms. The van der Waals surface area contributed by atoms with E-state index in [1.165, 1.54) is 19.2 Å². The fourth-order valence-corrected chi connectivity index (χ4v) is 2.86. The Bertz CT molecular complexity index is 928. The Kier molecular flexibility index (Phi) is 12.9. The standard InChI is InChI=1S/C26H39NO10/c1-16(2)14-34-24(30)36-20-9-8-19(12-21(20)37-25(31)35-15-17(3)4)13-26(27,23(29)32-7)10-11-33-22(28)18(5)6/h8-9,12,16-18H,10-11,13-15,27H2,1-7H3/t26-/m1/s1. The van der Waals surface area contributed by atoms with E-state index in [4.69, 9.17) is 34.2 Å². The van der Waals surface area contributed by atoms with E-state index in [0.717, 1.165) is 0 Å². The molecule has 0 saturated heterocycles. The molecule has 0 unspecified atom stereocenters. The highest BCUT2D eigenvalue weighted by Crippen LogP contribution is 2.31. The third-order valence-corrected chi connectivity index (χ3v) is 4.84. The Morgan fingerprint density at radius 1 is 0.838 bits per heavy atom. The van der Waals surface area contributed by atoms with E-state index in [1.807, 2.05) is 27.7 Å². The molecule has 0 aliphatic rings. The number of hydrogen-bond donors (Lipinski definition) is 1. The van der Waals surface area contributed by atoms with Crippen molar-refractivity contribution in [3.05, 3.63) is 23.8 Å². The average Bonchev–Trinajstić information content (AvgIpc) is 2.82. The van der Waals surface area contributed by atoms with Gasteiger partial charge in [-0.1, -0.05) is 47.6 Å². The molecular weight excluding hydrogens is 486 g/mol. The zero-order valence-corrected chi connectivity index (χ0v) is 22.7. The summed E-state index contributed by atoms with van der Waals surface area (Å²) < 4.78 is 30.6. The summed E-state index contributed by atoms with van der Waals surface area (Å²) in [6.07, 6.45) is -2.06. The number of benzene rings is 1. The Hall–Kier alpha value is -3.34. The van der Waals surface area contributed by atoms with Crippen molar-refractivity contribution in [1.82, 2.24) is 0 Å². The van der Waals surface area contributed by atoms with Crippen LogP contribution in [0.1, 0.15) is 53.5 Å². The van der Waals surface area contributed by atoms with Gasteiger partial charge in [0.05, 0.1) is 32.8 Å². The van der Waals surface area contributed by atoms with Gasteiger partial charge in [-0.2, -0.15) is 0 Å². The molecule has 0 radical (unpaired) electrons. The number of methoxy groups -OCH3 is 1. The molecule has 11 nitrogen and oxygen atoms in total. The minimum Gasteiger partial charge on any atom is -0.468 e. The van der Waals surface area contributed by atoms with E-state index in [-0.39, 0.29) is 61.9 Å². The SMILES string of the molecule is COC(=O)[C@@](N)(CCOC(=O)C(C)C)Cc1ccc(OC(=O)OCC(C)C)c(OC(=O)OCC(C)C)c1. The van der Waals surface area contributed by atoms with Crippen LogP contribution >= 0.6 is 0 Å². The molecule has 1 aromatic rings. The molecule has 0 spiro atoms. The molecule has 2 N–H and O–H groups in total. The molecule has 1 atom stereocenters. The number of carbonyl (C=O) groups is 4. The lowest BCUT2D eigenvalue weighted by Crippen LogP contribution is -2.51. The zero-order valence-electron chi connectivity index (χ0n) is 22.7. The van der Waals surface area contributed by atoms with Gasteiger partial charge in [0.1, 0.15) is 5.54 Å². The number of ether oxygens (including phenoxy) is 6. The molecule has 0 aliphatic carbocycles. The van der Waals surface area contributed by atoms with E-state index in [1.54, 1.807) is 19.9 Å². The van der Waals surface area contributed by atoms with Crippen LogP contribution in [-0.2, 0) is 35.0 Å². The predicted molar refractivity (Wildman–Crippen MR) is 133 cm³/mol. The van der Waals surface area contributed by atoms with E-state index < -0.39 is 29.8 Å². The summed E-state index contributed by atoms with van der Waals surface area (Å²) in [6.45, 7) is 11.0. The van der Waals surface area contributed by atoms with Gasteiger partial charge < -0.3 is 34.2 Å². The first-order valence-corrected chi connectivity index (χ1v) is 12.1. The van der Waals surface area contributed by atoms with E-state index in [9.17, 15) is 19.2 Å². The lowest BCUT2D eigenvalue weighted by Gasteiger charge is -2.27. The van der Waals surface area contributed by atoms with Gasteiger partial charge in [0.25, 0.3) is 0 Å². The molecule has 1 aromatic carbocycles. The van der Waals surface area contributed by atoms with Crippen LogP contribution in [0.25, 0.3) is 0 Å². The maximum absolute atomic E-state index is 12.5. The molecule has 0 aromatic heterocycles. The van der Waals surface area contributed by atoms with E-state index >= 15 is 0 Å². The monoisotopic (exact) mass is 525 g/mol. The van der Waals surface area contributed by atoms with Crippen molar-refractivity contribution < 1.29 is 47.6 Å².